The van der Waals surface area contributed by atoms with Gasteiger partial charge in [-0.1, -0.05) is 12.1 Å². The summed E-state index contributed by atoms with van der Waals surface area (Å²) in [5.74, 6) is -0.195. The molecule has 0 bridgehead atoms. The fourth-order valence-electron chi connectivity index (χ4n) is 1.75. The molecule has 1 atom stereocenters. The number of aromatic nitrogens is 2. The van der Waals surface area contributed by atoms with Gasteiger partial charge in [0.05, 0.1) is 5.69 Å². The van der Waals surface area contributed by atoms with Crippen molar-refractivity contribution in [1.82, 2.24) is 15.3 Å². The highest BCUT2D eigenvalue weighted by molar-refractivity contribution is 5.17. The summed E-state index contributed by atoms with van der Waals surface area (Å²) in [6, 6.07) is 6.92. The Morgan fingerprint density at radius 3 is 2.67 bits per heavy atom. The van der Waals surface area contributed by atoms with Gasteiger partial charge in [-0.25, -0.2) is 4.39 Å². The molecule has 1 unspecified atom stereocenters. The first-order chi connectivity index (χ1) is 8.74. The van der Waals surface area contributed by atoms with E-state index in [9.17, 15) is 4.39 Å². The Bertz CT molecular complexity index is 470. The Kier molecular flexibility index (Phi) is 4.36. The molecule has 1 N–H and O–H groups in total. The van der Waals surface area contributed by atoms with Crippen molar-refractivity contribution in [3.05, 3.63) is 59.9 Å². The van der Waals surface area contributed by atoms with Crippen LogP contribution in [0.15, 0.2) is 42.9 Å². The van der Waals surface area contributed by atoms with Crippen molar-refractivity contribution in [3.63, 3.8) is 0 Å². The number of halogens is 1. The highest BCUT2D eigenvalue weighted by Crippen LogP contribution is 2.06. The van der Waals surface area contributed by atoms with Gasteiger partial charge in [0.2, 0.25) is 0 Å². The van der Waals surface area contributed by atoms with E-state index in [0.29, 0.717) is 12.6 Å². The van der Waals surface area contributed by atoms with Crippen molar-refractivity contribution in [2.45, 2.75) is 25.9 Å². The fourth-order valence-corrected chi connectivity index (χ4v) is 1.75. The third kappa shape index (κ3) is 3.89. The maximum atomic E-state index is 12.8. The van der Waals surface area contributed by atoms with Crippen LogP contribution in [-0.4, -0.2) is 16.0 Å². The Morgan fingerprint density at radius 2 is 2.00 bits per heavy atom. The molecule has 0 saturated carbocycles. The van der Waals surface area contributed by atoms with Crippen molar-refractivity contribution < 1.29 is 4.39 Å². The van der Waals surface area contributed by atoms with Crippen LogP contribution in [0, 0.1) is 5.82 Å². The minimum absolute atomic E-state index is 0.195. The van der Waals surface area contributed by atoms with Gasteiger partial charge in [0, 0.05) is 31.2 Å². The van der Waals surface area contributed by atoms with Crippen LogP contribution in [0.5, 0.6) is 0 Å². The zero-order valence-corrected chi connectivity index (χ0v) is 10.3. The van der Waals surface area contributed by atoms with E-state index in [-0.39, 0.29) is 5.82 Å². The lowest BCUT2D eigenvalue weighted by atomic mass is 10.1. The molecule has 0 aliphatic carbocycles. The lowest BCUT2D eigenvalue weighted by Crippen LogP contribution is -2.27. The zero-order chi connectivity index (χ0) is 12.8. The van der Waals surface area contributed by atoms with Crippen LogP contribution in [0.2, 0.25) is 0 Å². The molecule has 2 rings (SSSR count). The van der Waals surface area contributed by atoms with Gasteiger partial charge in [0.1, 0.15) is 5.82 Å². The van der Waals surface area contributed by atoms with E-state index in [4.69, 9.17) is 0 Å². The molecule has 2 aromatic rings. The number of nitrogens with zero attached hydrogens (tertiary/aromatic N) is 2. The molecule has 94 valence electrons. The largest absolute Gasteiger partial charge is 0.308 e. The quantitative estimate of drug-likeness (QED) is 0.878. The van der Waals surface area contributed by atoms with Crippen LogP contribution in [0.1, 0.15) is 18.2 Å². The van der Waals surface area contributed by atoms with Crippen molar-refractivity contribution in [3.8, 4) is 0 Å². The van der Waals surface area contributed by atoms with Crippen molar-refractivity contribution in [2.24, 2.45) is 0 Å². The van der Waals surface area contributed by atoms with E-state index >= 15 is 0 Å². The summed E-state index contributed by atoms with van der Waals surface area (Å²) in [6.07, 6.45) is 5.95. The summed E-state index contributed by atoms with van der Waals surface area (Å²) in [5.41, 5.74) is 2.04. The van der Waals surface area contributed by atoms with E-state index in [1.54, 1.807) is 18.6 Å². The van der Waals surface area contributed by atoms with Gasteiger partial charge in [-0.2, -0.15) is 0 Å². The standard InChI is InChI=1S/C14H16FN3/c1-11(8-12-2-4-13(15)5-3-12)18-10-14-9-16-6-7-17-14/h2-7,9,11,18H,8,10H2,1H3. The van der Waals surface area contributed by atoms with Crippen LogP contribution >= 0.6 is 0 Å². The summed E-state index contributed by atoms with van der Waals surface area (Å²) >= 11 is 0. The molecule has 0 aliphatic rings. The number of hydrogen-bond acceptors (Lipinski definition) is 3. The minimum Gasteiger partial charge on any atom is -0.308 e. The first kappa shape index (κ1) is 12.6. The predicted molar refractivity (Wildman–Crippen MR) is 68.4 cm³/mol. The topological polar surface area (TPSA) is 37.8 Å². The summed E-state index contributed by atoms with van der Waals surface area (Å²) in [6.45, 7) is 2.79. The van der Waals surface area contributed by atoms with Gasteiger partial charge in [0.15, 0.2) is 0 Å². The molecule has 1 aromatic carbocycles. The highest BCUT2D eigenvalue weighted by Gasteiger charge is 2.04. The van der Waals surface area contributed by atoms with Crippen LogP contribution in [-0.2, 0) is 13.0 Å². The third-order valence-electron chi connectivity index (χ3n) is 2.70. The van der Waals surface area contributed by atoms with Gasteiger partial charge in [-0.05, 0) is 31.0 Å². The van der Waals surface area contributed by atoms with Gasteiger partial charge >= 0.3 is 0 Å². The summed E-state index contributed by atoms with van der Waals surface area (Å²) < 4.78 is 12.8. The summed E-state index contributed by atoms with van der Waals surface area (Å²) in [5, 5.41) is 3.37. The molecule has 1 aromatic heterocycles. The molecule has 1 heterocycles. The number of hydrogen-bond donors (Lipinski definition) is 1. The molecule has 0 amide bonds. The van der Waals surface area contributed by atoms with Gasteiger partial charge in [-0.15, -0.1) is 0 Å². The molecule has 4 heteroatoms. The maximum absolute atomic E-state index is 12.8. The van der Waals surface area contributed by atoms with Crippen molar-refractivity contribution >= 4 is 0 Å². The maximum Gasteiger partial charge on any atom is 0.123 e. The smallest absolute Gasteiger partial charge is 0.123 e. The van der Waals surface area contributed by atoms with Gasteiger partial charge < -0.3 is 5.32 Å². The lowest BCUT2D eigenvalue weighted by molar-refractivity contribution is 0.538. The SMILES string of the molecule is CC(Cc1ccc(F)cc1)NCc1cnccn1. The summed E-state index contributed by atoms with van der Waals surface area (Å²) in [7, 11) is 0. The zero-order valence-electron chi connectivity index (χ0n) is 10.3. The van der Waals surface area contributed by atoms with E-state index in [2.05, 4.69) is 22.2 Å². The van der Waals surface area contributed by atoms with E-state index in [1.807, 2.05) is 12.1 Å². The van der Waals surface area contributed by atoms with E-state index in [0.717, 1.165) is 17.7 Å². The highest BCUT2D eigenvalue weighted by atomic mass is 19.1. The number of nitrogens with one attached hydrogen (secondary N) is 1. The summed E-state index contributed by atoms with van der Waals surface area (Å²) in [4.78, 5) is 8.21. The third-order valence-corrected chi connectivity index (χ3v) is 2.70. The monoisotopic (exact) mass is 245 g/mol. The van der Waals surface area contributed by atoms with Gasteiger partial charge in [0.25, 0.3) is 0 Å². The molecule has 18 heavy (non-hydrogen) atoms. The van der Waals surface area contributed by atoms with E-state index in [1.165, 1.54) is 12.1 Å². The molecule has 0 spiro atoms. The molecular formula is C14H16FN3. The second-order valence-electron chi connectivity index (χ2n) is 4.31. The molecule has 3 nitrogen and oxygen atoms in total. The molecule has 0 saturated heterocycles. The van der Waals surface area contributed by atoms with Gasteiger partial charge in [-0.3, -0.25) is 9.97 Å². The average molecular weight is 245 g/mol. The Balaban J connectivity index is 1.82. The second kappa shape index (κ2) is 6.21. The number of benzene rings is 1. The molecular weight excluding hydrogens is 229 g/mol. The first-order valence-electron chi connectivity index (χ1n) is 5.97. The lowest BCUT2D eigenvalue weighted by Gasteiger charge is -2.13. The van der Waals surface area contributed by atoms with Crippen LogP contribution in [0.25, 0.3) is 0 Å². The number of rotatable bonds is 5. The first-order valence-corrected chi connectivity index (χ1v) is 5.97. The van der Waals surface area contributed by atoms with Crippen LogP contribution in [0.4, 0.5) is 4.39 Å². The van der Waals surface area contributed by atoms with Crippen LogP contribution < -0.4 is 5.32 Å². The molecule has 0 fully saturated rings. The van der Waals surface area contributed by atoms with Crippen molar-refractivity contribution in [2.75, 3.05) is 0 Å². The Labute approximate surface area is 106 Å². The molecule has 0 radical (unpaired) electrons. The predicted octanol–water partition coefficient (Wildman–Crippen LogP) is 2.34. The second-order valence-corrected chi connectivity index (χ2v) is 4.31. The van der Waals surface area contributed by atoms with Crippen molar-refractivity contribution in [1.29, 1.82) is 0 Å². The Morgan fingerprint density at radius 1 is 1.22 bits per heavy atom. The fraction of sp³-hybridized carbons (Fsp3) is 0.286. The normalized spacial score (nSPS) is 12.3. The Hall–Kier alpha value is -1.81. The minimum atomic E-state index is -0.195. The average Bonchev–Trinajstić information content (AvgIpc) is 2.40. The van der Waals surface area contributed by atoms with E-state index < -0.39 is 0 Å². The van der Waals surface area contributed by atoms with Crippen LogP contribution in [0.3, 0.4) is 0 Å². The molecule has 0 aliphatic heterocycles.